The van der Waals surface area contributed by atoms with Crippen LogP contribution in [-0.2, 0) is 25.7 Å². The number of hydrogen-bond acceptors (Lipinski definition) is 5. The summed E-state index contributed by atoms with van der Waals surface area (Å²) in [6.07, 6.45) is 0. The van der Waals surface area contributed by atoms with Crippen molar-refractivity contribution in [3.63, 3.8) is 0 Å². The third kappa shape index (κ3) is 3.03. The van der Waals surface area contributed by atoms with E-state index in [9.17, 15) is 14.4 Å². The van der Waals surface area contributed by atoms with Crippen LogP contribution in [0.5, 0.6) is 0 Å². The summed E-state index contributed by atoms with van der Waals surface area (Å²) in [5.74, 6) is -2.86. The zero-order chi connectivity index (χ0) is 19.0. The Morgan fingerprint density at radius 2 is 1.78 bits per heavy atom. The number of ether oxygens (including phenoxy) is 1. The normalized spacial score (nSPS) is 21.2. The molecule has 2 heterocycles. The maximum Gasteiger partial charge on any atom is 0.353 e. The highest BCUT2D eigenvalue weighted by Crippen LogP contribution is 2.36. The number of aryl methyl sites for hydroxylation is 1. The zero-order valence-corrected chi connectivity index (χ0v) is 14.8. The molecule has 2 aromatic carbocycles. The van der Waals surface area contributed by atoms with E-state index in [1.54, 1.807) is 12.1 Å². The lowest BCUT2D eigenvalue weighted by Crippen LogP contribution is -2.34. The number of fused-ring (bicyclic) bond motifs is 1. The highest BCUT2D eigenvalue weighted by molar-refractivity contribution is 6.46. The van der Waals surface area contributed by atoms with Crippen molar-refractivity contribution in [2.24, 2.45) is 16.8 Å². The van der Waals surface area contributed by atoms with Crippen LogP contribution in [0.4, 0.5) is 5.69 Å². The van der Waals surface area contributed by atoms with Gasteiger partial charge in [-0.2, -0.15) is 0 Å². The second-order valence-electron chi connectivity index (χ2n) is 6.72. The molecule has 0 radical (unpaired) electrons. The lowest BCUT2D eigenvalue weighted by Gasteiger charge is -2.16. The Labute approximate surface area is 156 Å². The molecule has 0 N–H and O–H groups in total. The topological polar surface area (TPSA) is 76.0 Å². The van der Waals surface area contributed by atoms with E-state index in [1.807, 2.05) is 49.4 Å². The number of amides is 2. The molecule has 2 unspecified atom stereocenters. The molecule has 6 heteroatoms. The average molecular weight is 362 g/mol. The smallest absolute Gasteiger partial charge is 0.353 e. The first-order chi connectivity index (χ1) is 13.1. The summed E-state index contributed by atoms with van der Waals surface area (Å²) in [4.78, 5) is 43.4. The number of aliphatic imine (C=N–C) groups is 1. The van der Waals surface area contributed by atoms with Crippen LogP contribution in [0.25, 0.3) is 0 Å². The Morgan fingerprint density at radius 1 is 1.07 bits per heavy atom. The molecular formula is C21H18N2O4. The number of nitrogens with zero attached hydrogens (tertiary/aromatic N) is 2. The summed E-state index contributed by atoms with van der Waals surface area (Å²) >= 11 is 0. The fourth-order valence-electron chi connectivity index (χ4n) is 3.45. The van der Waals surface area contributed by atoms with Crippen LogP contribution in [0, 0.1) is 18.8 Å². The molecule has 1 saturated heterocycles. The summed E-state index contributed by atoms with van der Waals surface area (Å²) < 4.78 is 5.31. The fraction of sp³-hybridized carbons (Fsp3) is 0.238. The monoisotopic (exact) mass is 362 g/mol. The van der Waals surface area contributed by atoms with E-state index >= 15 is 0 Å². The molecule has 0 spiro atoms. The highest BCUT2D eigenvalue weighted by Gasteiger charge is 2.55. The second-order valence-corrected chi connectivity index (χ2v) is 6.72. The lowest BCUT2D eigenvalue weighted by atomic mass is 9.94. The second kappa shape index (κ2) is 6.79. The maximum absolute atomic E-state index is 12.9. The summed E-state index contributed by atoms with van der Waals surface area (Å²) in [6, 6.07) is 16.4. The molecule has 0 aromatic heterocycles. The van der Waals surface area contributed by atoms with Gasteiger partial charge in [-0.3, -0.25) is 14.6 Å². The summed E-state index contributed by atoms with van der Waals surface area (Å²) in [7, 11) is 0. The molecule has 2 atom stereocenters. The first-order valence-corrected chi connectivity index (χ1v) is 8.76. The number of carbonyl (C=O) groups is 3. The molecule has 27 heavy (non-hydrogen) atoms. The Hall–Kier alpha value is -3.28. The number of carbonyl (C=O) groups excluding carboxylic acids is 3. The van der Waals surface area contributed by atoms with Gasteiger partial charge in [-0.15, -0.1) is 0 Å². The quantitative estimate of drug-likeness (QED) is 0.618. The fourth-order valence-corrected chi connectivity index (χ4v) is 3.45. The standard InChI is InChI=1S/C21H18N2O4/c1-13-7-9-15(10-8-13)23-19(24)16-11-22-18(17(16)20(23)25)21(26)27-12-14-5-3-2-4-6-14/h2-10,16-17H,11-12H2,1H3. The number of rotatable bonds is 4. The van der Waals surface area contributed by atoms with Crippen molar-refractivity contribution in [1.29, 1.82) is 0 Å². The molecule has 2 aliphatic heterocycles. The maximum atomic E-state index is 12.9. The van der Waals surface area contributed by atoms with Crippen molar-refractivity contribution < 1.29 is 19.1 Å². The molecule has 0 bridgehead atoms. The minimum absolute atomic E-state index is 0.0453. The van der Waals surface area contributed by atoms with E-state index in [0.29, 0.717) is 5.69 Å². The van der Waals surface area contributed by atoms with Crippen LogP contribution in [-0.4, -0.2) is 30.0 Å². The number of hydrogen-bond donors (Lipinski definition) is 0. The molecule has 6 nitrogen and oxygen atoms in total. The first kappa shape index (κ1) is 17.1. The van der Waals surface area contributed by atoms with Gasteiger partial charge in [0.2, 0.25) is 11.8 Å². The molecule has 1 fully saturated rings. The van der Waals surface area contributed by atoms with Crippen molar-refractivity contribution in [2.75, 3.05) is 11.4 Å². The molecule has 2 aliphatic rings. The lowest BCUT2D eigenvalue weighted by molar-refractivity contribution is -0.137. The molecule has 0 aliphatic carbocycles. The van der Waals surface area contributed by atoms with Crippen molar-refractivity contribution in [2.45, 2.75) is 13.5 Å². The van der Waals surface area contributed by atoms with Crippen LogP contribution < -0.4 is 4.90 Å². The number of imide groups is 1. The molecular weight excluding hydrogens is 344 g/mol. The number of esters is 1. The third-order valence-corrected chi connectivity index (χ3v) is 4.89. The van der Waals surface area contributed by atoms with Crippen LogP contribution >= 0.6 is 0 Å². The van der Waals surface area contributed by atoms with E-state index in [2.05, 4.69) is 4.99 Å². The predicted octanol–water partition coefficient (Wildman–Crippen LogP) is 2.30. The minimum Gasteiger partial charge on any atom is -0.456 e. The number of benzene rings is 2. The SMILES string of the molecule is Cc1ccc(N2C(=O)C3CN=C(C(=O)OCc4ccccc4)C3C2=O)cc1. The van der Waals surface area contributed by atoms with E-state index in [4.69, 9.17) is 4.74 Å². The van der Waals surface area contributed by atoms with Gasteiger partial charge in [-0.1, -0.05) is 48.0 Å². The van der Waals surface area contributed by atoms with Crippen molar-refractivity contribution in [1.82, 2.24) is 0 Å². The summed E-state index contributed by atoms with van der Waals surface area (Å²) in [5.41, 5.74) is 2.44. The molecule has 4 rings (SSSR count). The first-order valence-electron chi connectivity index (χ1n) is 8.76. The van der Waals surface area contributed by atoms with Gasteiger partial charge < -0.3 is 4.74 Å². The Kier molecular flexibility index (Phi) is 4.32. The van der Waals surface area contributed by atoms with Crippen LogP contribution in [0.2, 0.25) is 0 Å². The zero-order valence-electron chi connectivity index (χ0n) is 14.8. The van der Waals surface area contributed by atoms with E-state index < -0.39 is 23.7 Å². The van der Waals surface area contributed by atoms with Gasteiger partial charge in [-0.05, 0) is 24.6 Å². The van der Waals surface area contributed by atoms with E-state index in [-0.39, 0.29) is 24.8 Å². The van der Waals surface area contributed by atoms with Gasteiger partial charge in [0.15, 0.2) is 0 Å². The molecule has 2 amide bonds. The van der Waals surface area contributed by atoms with Crippen molar-refractivity contribution in [3.8, 4) is 0 Å². The van der Waals surface area contributed by atoms with Gasteiger partial charge in [0.25, 0.3) is 0 Å². The Morgan fingerprint density at radius 3 is 2.48 bits per heavy atom. The molecule has 136 valence electrons. The molecule has 0 saturated carbocycles. The minimum atomic E-state index is -0.859. The Balaban J connectivity index is 1.51. The van der Waals surface area contributed by atoms with Gasteiger partial charge in [0.1, 0.15) is 18.2 Å². The summed E-state index contributed by atoms with van der Waals surface area (Å²) in [6.45, 7) is 2.16. The van der Waals surface area contributed by atoms with E-state index in [0.717, 1.165) is 16.0 Å². The van der Waals surface area contributed by atoms with Crippen molar-refractivity contribution in [3.05, 3.63) is 65.7 Å². The van der Waals surface area contributed by atoms with E-state index in [1.165, 1.54) is 0 Å². The highest BCUT2D eigenvalue weighted by atomic mass is 16.5. The van der Waals surface area contributed by atoms with Crippen molar-refractivity contribution >= 4 is 29.2 Å². The van der Waals surface area contributed by atoms with Gasteiger partial charge >= 0.3 is 5.97 Å². The third-order valence-electron chi connectivity index (χ3n) is 4.89. The average Bonchev–Trinajstić information content (AvgIpc) is 3.22. The summed E-state index contributed by atoms with van der Waals surface area (Å²) in [5, 5.41) is 0. The van der Waals surface area contributed by atoms with Gasteiger partial charge in [0, 0.05) is 0 Å². The molecule has 2 aromatic rings. The van der Waals surface area contributed by atoms with Crippen LogP contribution in [0.1, 0.15) is 11.1 Å². The predicted molar refractivity (Wildman–Crippen MR) is 99.2 cm³/mol. The largest absolute Gasteiger partial charge is 0.456 e. The van der Waals surface area contributed by atoms with Gasteiger partial charge in [-0.25, -0.2) is 9.69 Å². The van der Waals surface area contributed by atoms with Crippen LogP contribution in [0.3, 0.4) is 0 Å². The Bertz CT molecular complexity index is 934. The van der Waals surface area contributed by atoms with Gasteiger partial charge in [0.05, 0.1) is 18.2 Å². The van der Waals surface area contributed by atoms with Crippen LogP contribution in [0.15, 0.2) is 59.6 Å². The number of anilines is 1.